The smallest absolute Gasteiger partial charge is 0.251 e. The molecule has 0 aromatic heterocycles. The first-order valence-electron chi connectivity index (χ1n) is 7.05. The zero-order valence-electron chi connectivity index (χ0n) is 11.7. The summed E-state index contributed by atoms with van der Waals surface area (Å²) in [6, 6.07) is 5.61. The second-order valence-corrected chi connectivity index (χ2v) is 6.55. The number of hydrogen-bond donors (Lipinski definition) is 1. The van der Waals surface area contributed by atoms with Crippen molar-refractivity contribution in [3.05, 3.63) is 33.3 Å². The highest BCUT2D eigenvalue weighted by Crippen LogP contribution is 2.23. The van der Waals surface area contributed by atoms with E-state index >= 15 is 0 Å². The second kappa shape index (κ2) is 7.43. The van der Waals surface area contributed by atoms with E-state index < -0.39 is 0 Å². The summed E-state index contributed by atoms with van der Waals surface area (Å²) in [5, 5.41) is 3.61. The summed E-state index contributed by atoms with van der Waals surface area (Å²) < 4.78 is 0.746. The van der Waals surface area contributed by atoms with Crippen LogP contribution < -0.4 is 5.32 Å². The molecule has 0 aliphatic carbocycles. The SMILES string of the molecule is CC(CNC(=O)c1ccc(Cl)c(Br)c1)N1CCCCC1. The lowest BCUT2D eigenvalue weighted by molar-refractivity contribution is 0.0930. The van der Waals surface area contributed by atoms with Crippen LogP contribution in [-0.4, -0.2) is 36.5 Å². The summed E-state index contributed by atoms with van der Waals surface area (Å²) in [6.07, 6.45) is 3.86. The zero-order valence-corrected chi connectivity index (χ0v) is 14.0. The Labute approximate surface area is 133 Å². The molecule has 1 aromatic carbocycles. The predicted octanol–water partition coefficient (Wildman–Crippen LogP) is 3.71. The predicted molar refractivity (Wildman–Crippen MR) is 86.4 cm³/mol. The summed E-state index contributed by atoms with van der Waals surface area (Å²) in [7, 11) is 0. The highest BCUT2D eigenvalue weighted by atomic mass is 79.9. The van der Waals surface area contributed by atoms with Crippen LogP contribution >= 0.6 is 27.5 Å². The van der Waals surface area contributed by atoms with Crippen molar-refractivity contribution in [1.29, 1.82) is 0 Å². The van der Waals surface area contributed by atoms with E-state index in [-0.39, 0.29) is 5.91 Å². The molecule has 1 saturated heterocycles. The first kappa shape index (κ1) is 15.8. The maximum Gasteiger partial charge on any atom is 0.251 e. The van der Waals surface area contributed by atoms with Gasteiger partial charge in [-0.2, -0.15) is 0 Å². The molecular weight excluding hydrogens is 340 g/mol. The number of benzene rings is 1. The molecule has 1 amide bonds. The quantitative estimate of drug-likeness (QED) is 0.889. The maximum absolute atomic E-state index is 12.1. The van der Waals surface area contributed by atoms with E-state index in [4.69, 9.17) is 11.6 Å². The Morgan fingerprint density at radius 2 is 2.10 bits per heavy atom. The number of carbonyl (C=O) groups is 1. The number of carbonyl (C=O) groups excluding carboxylic acids is 1. The Hall–Kier alpha value is -0.580. The normalized spacial score (nSPS) is 17.8. The average molecular weight is 360 g/mol. The summed E-state index contributed by atoms with van der Waals surface area (Å²) in [4.78, 5) is 14.5. The van der Waals surface area contributed by atoms with Gasteiger partial charge in [-0.25, -0.2) is 0 Å². The van der Waals surface area contributed by atoms with Crippen LogP contribution in [-0.2, 0) is 0 Å². The van der Waals surface area contributed by atoms with Crippen molar-refractivity contribution in [3.63, 3.8) is 0 Å². The van der Waals surface area contributed by atoms with Gasteiger partial charge in [-0.3, -0.25) is 9.69 Å². The number of amides is 1. The van der Waals surface area contributed by atoms with Crippen molar-refractivity contribution in [2.45, 2.75) is 32.2 Å². The lowest BCUT2D eigenvalue weighted by atomic mass is 10.1. The van der Waals surface area contributed by atoms with E-state index in [1.54, 1.807) is 18.2 Å². The minimum absolute atomic E-state index is 0.0498. The molecule has 0 bridgehead atoms. The average Bonchev–Trinajstić information content (AvgIpc) is 2.48. The number of nitrogens with one attached hydrogen (secondary N) is 1. The van der Waals surface area contributed by atoms with Crippen LogP contribution in [0.1, 0.15) is 36.5 Å². The highest BCUT2D eigenvalue weighted by molar-refractivity contribution is 9.10. The molecule has 1 aromatic rings. The summed E-state index contributed by atoms with van der Waals surface area (Å²) in [5.41, 5.74) is 0.632. The molecule has 0 spiro atoms. The van der Waals surface area contributed by atoms with Gasteiger partial charge in [-0.15, -0.1) is 0 Å². The molecule has 1 fully saturated rings. The first-order chi connectivity index (χ1) is 9.58. The van der Waals surface area contributed by atoms with Crippen molar-refractivity contribution in [3.8, 4) is 0 Å². The van der Waals surface area contributed by atoms with Gasteiger partial charge in [0.05, 0.1) is 5.02 Å². The molecule has 0 saturated carbocycles. The molecule has 1 atom stereocenters. The lowest BCUT2D eigenvalue weighted by Gasteiger charge is -2.32. The van der Waals surface area contributed by atoms with Gasteiger partial charge in [0.2, 0.25) is 0 Å². The first-order valence-corrected chi connectivity index (χ1v) is 8.22. The number of halogens is 2. The number of hydrogen-bond acceptors (Lipinski definition) is 2. The number of nitrogens with zero attached hydrogens (tertiary/aromatic N) is 1. The zero-order chi connectivity index (χ0) is 14.5. The van der Waals surface area contributed by atoms with Crippen LogP contribution in [0, 0.1) is 0 Å². The Bertz CT molecular complexity index is 475. The van der Waals surface area contributed by atoms with E-state index in [9.17, 15) is 4.79 Å². The topological polar surface area (TPSA) is 32.3 Å². The van der Waals surface area contributed by atoms with E-state index in [2.05, 4.69) is 33.1 Å². The Kier molecular flexibility index (Phi) is 5.87. The molecule has 1 aliphatic heterocycles. The molecule has 20 heavy (non-hydrogen) atoms. The molecule has 0 radical (unpaired) electrons. The van der Waals surface area contributed by atoms with Crippen LogP contribution in [0.3, 0.4) is 0 Å². The van der Waals surface area contributed by atoms with Crippen LogP contribution in [0.25, 0.3) is 0 Å². The highest BCUT2D eigenvalue weighted by Gasteiger charge is 2.17. The van der Waals surface area contributed by atoms with Gasteiger partial charge in [0, 0.05) is 22.6 Å². The standard InChI is InChI=1S/C15H20BrClN2O/c1-11(19-7-3-2-4-8-19)10-18-15(20)12-5-6-14(17)13(16)9-12/h5-6,9,11H,2-4,7-8,10H2,1H3,(H,18,20). The van der Waals surface area contributed by atoms with Crippen molar-refractivity contribution in [1.82, 2.24) is 10.2 Å². The third-order valence-electron chi connectivity index (χ3n) is 3.75. The number of rotatable bonds is 4. The van der Waals surface area contributed by atoms with Crippen LogP contribution in [0.5, 0.6) is 0 Å². The monoisotopic (exact) mass is 358 g/mol. The van der Waals surface area contributed by atoms with Gasteiger partial charge in [-0.1, -0.05) is 18.0 Å². The molecule has 5 heteroatoms. The Morgan fingerprint density at radius 3 is 2.75 bits per heavy atom. The molecule has 3 nitrogen and oxygen atoms in total. The molecule has 110 valence electrons. The third kappa shape index (κ3) is 4.21. The summed E-state index contributed by atoms with van der Waals surface area (Å²) in [6.45, 7) is 5.13. The van der Waals surface area contributed by atoms with Gasteiger partial charge >= 0.3 is 0 Å². The van der Waals surface area contributed by atoms with Gasteiger partial charge < -0.3 is 5.32 Å². The van der Waals surface area contributed by atoms with E-state index in [1.165, 1.54) is 19.3 Å². The lowest BCUT2D eigenvalue weighted by Crippen LogP contribution is -2.44. The van der Waals surface area contributed by atoms with Crippen molar-refractivity contribution >= 4 is 33.4 Å². The van der Waals surface area contributed by atoms with E-state index in [1.807, 2.05) is 0 Å². The van der Waals surface area contributed by atoms with Crippen molar-refractivity contribution < 1.29 is 4.79 Å². The largest absolute Gasteiger partial charge is 0.350 e. The minimum Gasteiger partial charge on any atom is -0.350 e. The fraction of sp³-hybridized carbons (Fsp3) is 0.533. The van der Waals surface area contributed by atoms with Gasteiger partial charge in [-0.05, 0) is 67.0 Å². The Balaban J connectivity index is 1.86. The molecule has 1 heterocycles. The van der Waals surface area contributed by atoms with Crippen LogP contribution in [0.15, 0.2) is 22.7 Å². The number of likely N-dealkylation sites (tertiary alicyclic amines) is 1. The molecule has 1 aliphatic rings. The van der Waals surface area contributed by atoms with E-state index in [0.717, 1.165) is 17.6 Å². The minimum atomic E-state index is -0.0498. The van der Waals surface area contributed by atoms with Gasteiger partial charge in [0.25, 0.3) is 5.91 Å². The van der Waals surface area contributed by atoms with Gasteiger partial charge in [0.15, 0.2) is 0 Å². The van der Waals surface area contributed by atoms with Crippen LogP contribution in [0.2, 0.25) is 5.02 Å². The maximum atomic E-state index is 12.1. The Morgan fingerprint density at radius 1 is 1.40 bits per heavy atom. The summed E-state index contributed by atoms with van der Waals surface area (Å²) >= 11 is 9.27. The molecular formula is C15H20BrClN2O. The van der Waals surface area contributed by atoms with E-state index in [0.29, 0.717) is 23.2 Å². The van der Waals surface area contributed by atoms with Crippen LogP contribution in [0.4, 0.5) is 0 Å². The van der Waals surface area contributed by atoms with Gasteiger partial charge in [0.1, 0.15) is 0 Å². The molecule has 1 N–H and O–H groups in total. The summed E-state index contributed by atoms with van der Waals surface area (Å²) in [5.74, 6) is -0.0498. The molecule has 1 unspecified atom stereocenters. The fourth-order valence-corrected chi connectivity index (χ4v) is 2.96. The number of piperidine rings is 1. The van der Waals surface area contributed by atoms with Crippen molar-refractivity contribution in [2.75, 3.05) is 19.6 Å². The third-order valence-corrected chi connectivity index (χ3v) is 4.97. The fourth-order valence-electron chi connectivity index (χ4n) is 2.47. The molecule has 2 rings (SSSR count). The second-order valence-electron chi connectivity index (χ2n) is 5.28. The van der Waals surface area contributed by atoms with Crippen molar-refractivity contribution in [2.24, 2.45) is 0 Å².